The maximum absolute atomic E-state index is 9.58. The van der Waals surface area contributed by atoms with E-state index in [1.54, 1.807) is 0 Å². The Bertz CT molecular complexity index is 444. The first-order valence-electron chi connectivity index (χ1n) is 6.68. The van der Waals surface area contributed by atoms with Crippen molar-refractivity contribution in [3.63, 3.8) is 0 Å². The average Bonchev–Trinajstić information content (AvgIpc) is 2.58. The second-order valence-electron chi connectivity index (χ2n) is 6.37. The summed E-state index contributed by atoms with van der Waals surface area (Å²) in [4.78, 5) is 0. The van der Waals surface area contributed by atoms with Gasteiger partial charge in [-0.1, -0.05) is 51.1 Å². The maximum Gasteiger partial charge on any atom is 0.110 e. The fourth-order valence-corrected chi connectivity index (χ4v) is 3.29. The van der Waals surface area contributed by atoms with Crippen LogP contribution < -0.4 is 5.32 Å². The van der Waals surface area contributed by atoms with Gasteiger partial charge >= 0.3 is 0 Å². The van der Waals surface area contributed by atoms with E-state index in [-0.39, 0.29) is 11.0 Å². The van der Waals surface area contributed by atoms with E-state index in [0.29, 0.717) is 5.92 Å². The van der Waals surface area contributed by atoms with E-state index >= 15 is 0 Å². The zero-order chi connectivity index (χ0) is 13.2. The highest BCUT2D eigenvalue weighted by Crippen LogP contribution is 2.47. The summed E-state index contributed by atoms with van der Waals surface area (Å²) in [5.41, 5.74) is 1.14. The fraction of sp³-hybridized carbons (Fsp3) is 0.562. The quantitative estimate of drug-likeness (QED) is 0.880. The Morgan fingerprint density at radius 3 is 2.50 bits per heavy atom. The predicted molar refractivity (Wildman–Crippen MR) is 73.8 cm³/mol. The van der Waals surface area contributed by atoms with Crippen molar-refractivity contribution in [2.45, 2.75) is 45.7 Å². The number of rotatable bonds is 3. The normalized spacial score (nSPS) is 30.0. The highest BCUT2D eigenvalue weighted by atomic mass is 15.0. The van der Waals surface area contributed by atoms with E-state index in [2.05, 4.69) is 44.3 Å². The zero-order valence-corrected chi connectivity index (χ0v) is 11.5. The van der Waals surface area contributed by atoms with Gasteiger partial charge in [0.2, 0.25) is 0 Å². The summed E-state index contributed by atoms with van der Waals surface area (Å²) in [6, 6.07) is 12.8. The standard InChI is InChI=1S/C16H22N2/c1-13-9-15(2,3)11-16(13,12-17)18-10-14-7-5-4-6-8-14/h4-8,13,18H,9-11H2,1-3H3. The van der Waals surface area contributed by atoms with Crippen molar-refractivity contribution in [2.24, 2.45) is 11.3 Å². The molecule has 0 bridgehead atoms. The van der Waals surface area contributed by atoms with E-state index in [1.165, 1.54) is 5.56 Å². The first-order chi connectivity index (χ1) is 8.47. The van der Waals surface area contributed by atoms with Crippen molar-refractivity contribution in [1.29, 1.82) is 5.26 Å². The van der Waals surface area contributed by atoms with Crippen LogP contribution in [0.4, 0.5) is 0 Å². The smallest absolute Gasteiger partial charge is 0.110 e. The average molecular weight is 242 g/mol. The van der Waals surface area contributed by atoms with Crippen LogP contribution in [0.2, 0.25) is 0 Å². The Morgan fingerprint density at radius 2 is 2.00 bits per heavy atom. The summed E-state index contributed by atoms with van der Waals surface area (Å²) < 4.78 is 0. The molecule has 0 amide bonds. The van der Waals surface area contributed by atoms with Gasteiger partial charge in [-0.25, -0.2) is 0 Å². The topological polar surface area (TPSA) is 35.8 Å². The molecule has 0 spiro atoms. The number of hydrogen-bond donors (Lipinski definition) is 1. The molecular weight excluding hydrogens is 220 g/mol. The minimum Gasteiger partial charge on any atom is -0.295 e. The van der Waals surface area contributed by atoms with Crippen molar-refractivity contribution in [1.82, 2.24) is 5.32 Å². The molecule has 1 aliphatic rings. The van der Waals surface area contributed by atoms with Crippen molar-refractivity contribution in [2.75, 3.05) is 0 Å². The van der Waals surface area contributed by atoms with E-state index in [4.69, 9.17) is 0 Å². The van der Waals surface area contributed by atoms with Crippen LogP contribution in [0.5, 0.6) is 0 Å². The van der Waals surface area contributed by atoms with Gasteiger partial charge in [0.05, 0.1) is 6.07 Å². The largest absolute Gasteiger partial charge is 0.295 e. The van der Waals surface area contributed by atoms with Crippen molar-refractivity contribution in [3.8, 4) is 6.07 Å². The van der Waals surface area contributed by atoms with E-state index in [1.807, 2.05) is 18.2 Å². The molecule has 18 heavy (non-hydrogen) atoms. The second kappa shape index (κ2) is 4.74. The first-order valence-corrected chi connectivity index (χ1v) is 6.68. The third kappa shape index (κ3) is 2.57. The molecule has 1 aromatic carbocycles. The number of nitrogens with zero attached hydrogens (tertiary/aromatic N) is 1. The highest BCUT2D eigenvalue weighted by Gasteiger charge is 2.48. The molecule has 1 aromatic rings. The predicted octanol–water partition coefficient (Wildman–Crippen LogP) is 3.49. The number of nitrogens with one attached hydrogen (secondary N) is 1. The highest BCUT2D eigenvalue weighted by molar-refractivity contribution is 5.20. The van der Waals surface area contributed by atoms with E-state index in [0.717, 1.165) is 19.4 Å². The van der Waals surface area contributed by atoms with Gasteiger partial charge in [-0.05, 0) is 29.7 Å². The third-order valence-electron chi connectivity index (χ3n) is 4.11. The molecule has 1 N–H and O–H groups in total. The lowest BCUT2D eigenvalue weighted by atomic mass is 9.87. The monoisotopic (exact) mass is 242 g/mol. The molecule has 1 saturated carbocycles. The minimum absolute atomic E-state index is 0.263. The Hall–Kier alpha value is -1.33. The van der Waals surface area contributed by atoms with Gasteiger partial charge in [0.25, 0.3) is 0 Å². The van der Waals surface area contributed by atoms with Gasteiger partial charge in [0.1, 0.15) is 5.54 Å². The molecule has 0 radical (unpaired) electrons. The lowest BCUT2D eigenvalue weighted by Gasteiger charge is -2.28. The molecule has 2 unspecified atom stereocenters. The number of benzene rings is 1. The van der Waals surface area contributed by atoms with Crippen LogP contribution >= 0.6 is 0 Å². The molecule has 0 aromatic heterocycles. The summed E-state index contributed by atoms with van der Waals surface area (Å²) in [5, 5.41) is 13.1. The van der Waals surface area contributed by atoms with Crippen LogP contribution in [0.15, 0.2) is 30.3 Å². The van der Waals surface area contributed by atoms with E-state index < -0.39 is 0 Å². The Labute approximate surface area is 110 Å². The van der Waals surface area contributed by atoms with Gasteiger partial charge in [0, 0.05) is 6.54 Å². The SMILES string of the molecule is CC1CC(C)(C)CC1(C#N)NCc1ccccc1. The van der Waals surface area contributed by atoms with Gasteiger partial charge in [0.15, 0.2) is 0 Å². The molecule has 2 atom stereocenters. The zero-order valence-electron chi connectivity index (χ0n) is 11.5. The molecule has 1 fully saturated rings. The Balaban J connectivity index is 2.09. The van der Waals surface area contributed by atoms with Crippen LogP contribution in [-0.2, 0) is 6.54 Å². The molecule has 2 heteroatoms. The molecule has 2 nitrogen and oxygen atoms in total. The van der Waals surface area contributed by atoms with Crippen LogP contribution in [0, 0.1) is 22.7 Å². The second-order valence-corrected chi connectivity index (χ2v) is 6.37. The molecule has 0 saturated heterocycles. The molecule has 96 valence electrons. The summed E-state index contributed by atoms with van der Waals surface area (Å²) in [6.07, 6.45) is 2.05. The van der Waals surface area contributed by atoms with Crippen molar-refractivity contribution < 1.29 is 0 Å². The van der Waals surface area contributed by atoms with Gasteiger partial charge in [-0.15, -0.1) is 0 Å². The van der Waals surface area contributed by atoms with E-state index in [9.17, 15) is 5.26 Å². The number of hydrogen-bond acceptors (Lipinski definition) is 2. The Kier molecular flexibility index (Phi) is 3.45. The summed E-state index contributed by atoms with van der Waals surface area (Å²) in [5.74, 6) is 0.404. The first kappa shape index (κ1) is 13.1. The van der Waals surface area contributed by atoms with Gasteiger partial charge < -0.3 is 0 Å². The van der Waals surface area contributed by atoms with Crippen LogP contribution in [0.25, 0.3) is 0 Å². The summed E-state index contributed by atoms with van der Waals surface area (Å²) >= 11 is 0. The van der Waals surface area contributed by atoms with Crippen molar-refractivity contribution in [3.05, 3.63) is 35.9 Å². The fourth-order valence-electron chi connectivity index (χ4n) is 3.29. The Morgan fingerprint density at radius 1 is 1.33 bits per heavy atom. The third-order valence-corrected chi connectivity index (χ3v) is 4.11. The molecular formula is C16H22N2. The molecule has 1 aliphatic carbocycles. The summed E-state index contributed by atoms with van der Waals surface area (Å²) in [6.45, 7) is 7.48. The summed E-state index contributed by atoms with van der Waals surface area (Å²) in [7, 11) is 0. The van der Waals surface area contributed by atoms with Gasteiger partial charge in [-0.3, -0.25) is 5.32 Å². The maximum atomic E-state index is 9.58. The van der Waals surface area contributed by atoms with Crippen LogP contribution in [-0.4, -0.2) is 5.54 Å². The van der Waals surface area contributed by atoms with Crippen LogP contribution in [0.1, 0.15) is 39.2 Å². The van der Waals surface area contributed by atoms with Crippen molar-refractivity contribution >= 4 is 0 Å². The molecule has 2 rings (SSSR count). The molecule has 0 heterocycles. The lowest BCUT2D eigenvalue weighted by Crippen LogP contribution is -2.46. The molecule has 0 aliphatic heterocycles. The lowest BCUT2D eigenvalue weighted by molar-refractivity contribution is 0.319. The number of nitriles is 1. The minimum atomic E-state index is -0.362. The van der Waals surface area contributed by atoms with Crippen LogP contribution in [0.3, 0.4) is 0 Å². The van der Waals surface area contributed by atoms with Gasteiger partial charge in [-0.2, -0.15) is 5.26 Å².